The van der Waals surface area contributed by atoms with Crippen LogP contribution in [0.5, 0.6) is 0 Å². The summed E-state index contributed by atoms with van der Waals surface area (Å²) in [5.41, 5.74) is 1.95. The number of amides is 1. The molecule has 3 aromatic rings. The molecule has 6 rings (SSSR count). The largest absolute Gasteiger partial charge is 0.380 e. The second-order valence-electron chi connectivity index (χ2n) is 9.44. The number of hydrogen-bond acceptors (Lipinski definition) is 6. The van der Waals surface area contributed by atoms with Crippen molar-refractivity contribution < 1.29 is 22.7 Å². The van der Waals surface area contributed by atoms with E-state index in [0.29, 0.717) is 49.0 Å². The highest BCUT2D eigenvalue weighted by atomic mass is 31.1. The number of anilines is 1. The van der Waals surface area contributed by atoms with Crippen molar-refractivity contribution >= 4 is 36.0 Å². The lowest BCUT2D eigenvalue weighted by atomic mass is 9.79. The van der Waals surface area contributed by atoms with Crippen molar-refractivity contribution in [3.05, 3.63) is 53.0 Å². The molecule has 1 N–H and O–H groups in total. The van der Waals surface area contributed by atoms with Crippen LogP contribution in [-0.2, 0) is 22.0 Å². The maximum atomic E-state index is 14.2. The van der Waals surface area contributed by atoms with Crippen molar-refractivity contribution in [3.63, 3.8) is 0 Å². The molecule has 0 spiro atoms. The molecule has 0 radical (unpaired) electrons. The van der Waals surface area contributed by atoms with Crippen LogP contribution in [0.2, 0.25) is 0 Å². The van der Waals surface area contributed by atoms with Gasteiger partial charge in [0.2, 0.25) is 5.91 Å². The number of nitrogens with one attached hydrogen (secondary N) is 1. The monoisotopic (exact) mass is 515 g/mol. The number of rotatable bonds is 5. The van der Waals surface area contributed by atoms with E-state index in [1.54, 1.807) is 19.2 Å². The Morgan fingerprint density at radius 3 is 2.75 bits per heavy atom. The van der Waals surface area contributed by atoms with Gasteiger partial charge in [0.1, 0.15) is 11.6 Å². The molecule has 11 heteroatoms. The third kappa shape index (κ3) is 3.91. The van der Waals surface area contributed by atoms with Crippen LogP contribution in [-0.4, -0.2) is 64.4 Å². The lowest BCUT2D eigenvalue weighted by Gasteiger charge is -2.36. The first-order valence-corrected chi connectivity index (χ1v) is 13.7. The highest BCUT2D eigenvalue weighted by Gasteiger charge is 2.55. The van der Waals surface area contributed by atoms with Crippen molar-refractivity contribution in [2.45, 2.75) is 25.6 Å². The molecule has 3 aliphatic rings. The van der Waals surface area contributed by atoms with E-state index in [9.17, 15) is 18.0 Å². The fraction of sp³-hybridized carbons (Fsp3) is 0.440. The third-order valence-electron chi connectivity index (χ3n) is 7.16. The van der Waals surface area contributed by atoms with E-state index in [0.717, 1.165) is 23.1 Å². The van der Waals surface area contributed by atoms with Gasteiger partial charge < -0.3 is 15.0 Å². The minimum absolute atomic E-state index is 0.00240. The average molecular weight is 515 g/mol. The van der Waals surface area contributed by atoms with Gasteiger partial charge in [0, 0.05) is 36.1 Å². The molecule has 4 heterocycles. The topological polar surface area (TPSA) is 80.2 Å². The molecule has 2 saturated heterocycles. The normalized spacial score (nSPS) is 21.6. The van der Waals surface area contributed by atoms with E-state index in [1.807, 2.05) is 11.0 Å². The van der Waals surface area contributed by atoms with Crippen LogP contribution in [0.15, 0.2) is 30.5 Å². The summed E-state index contributed by atoms with van der Waals surface area (Å²) < 4.78 is 47.0. The number of aromatic nitrogens is 3. The van der Waals surface area contributed by atoms with Gasteiger partial charge in [-0.2, -0.15) is 8.78 Å². The van der Waals surface area contributed by atoms with Gasteiger partial charge in [-0.1, -0.05) is 26.1 Å². The predicted octanol–water partition coefficient (Wildman–Crippen LogP) is 3.66. The Kier molecular flexibility index (Phi) is 5.84. The molecule has 188 valence electrons. The number of nitrogens with zero attached hydrogens (tertiary/aromatic N) is 4. The van der Waals surface area contributed by atoms with Crippen LogP contribution in [0.1, 0.15) is 28.7 Å². The van der Waals surface area contributed by atoms with Crippen LogP contribution in [0.25, 0.3) is 10.9 Å². The van der Waals surface area contributed by atoms with Crippen molar-refractivity contribution in [1.82, 2.24) is 19.9 Å². The van der Waals surface area contributed by atoms with E-state index in [1.165, 1.54) is 12.1 Å². The number of alkyl halides is 3. The molecule has 0 saturated carbocycles. The summed E-state index contributed by atoms with van der Waals surface area (Å²) in [6.07, 6.45) is 1.21. The Morgan fingerprint density at radius 2 is 2.03 bits per heavy atom. The van der Waals surface area contributed by atoms with Gasteiger partial charge in [0.25, 0.3) is 0 Å². The number of benzene rings is 1. The summed E-state index contributed by atoms with van der Waals surface area (Å²) in [5, 5.41) is 4.01. The fourth-order valence-corrected chi connectivity index (χ4v) is 7.19. The summed E-state index contributed by atoms with van der Waals surface area (Å²) in [6.45, 7) is 4.40. The van der Waals surface area contributed by atoms with Crippen molar-refractivity contribution in [3.8, 4) is 0 Å². The Balaban J connectivity index is 1.21. The van der Waals surface area contributed by atoms with Crippen molar-refractivity contribution in [1.29, 1.82) is 0 Å². The van der Waals surface area contributed by atoms with Gasteiger partial charge in [-0.05, 0) is 30.9 Å². The van der Waals surface area contributed by atoms with E-state index in [-0.39, 0.29) is 29.5 Å². The Bertz CT molecular complexity index is 1340. The Morgan fingerprint density at radius 1 is 1.25 bits per heavy atom. The quantitative estimate of drug-likeness (QED) is 0.523. The lowest BCUT2D eigenvalue weighted by Crippen LogP contribution is -2.48. The second kappa shape index (κ2) is 8.92. The van der Waals surface area contributed by atoms with Crippen molar-refractivity contribution in [2.24, 2.45) is 5.92 Å². The molecule has 2 fully saturated rings. The number of halogens is 3. The van der Waals surface area contributed by atoms with Gasteiger partial charge >= 0.3 is 5.92 Å². The SMILES string of the molecule is Cc1nc(NCc2cccc3c2C(F)C3(F)F)c2cc(P3CCN(C(=O)C4COC4)CC3)ncc2n1. The minimum Gasteiger partial charge on any atom is -0.380 e. The summed E-state index contributed by atoms with van der Waals surface area (Å²) >= 11 is 0. The molecule has 1 aliphatic carbocycles. The van der Waals surface area contributed by atoms with Crippen LogP contribution < -0.4 is 10.8 Å². The van der Waals surface area contributed by atoms with Gasteiger partial charge in [-0.3, -0.25) is 9.78 Å². The smallest absolute Gasteiger partial charge is 0.308 e. The number of carbonyl (C=O) groups is 1. The maximum Gasteiger partial charge on any atom is 0.308 e. The standard InChI is InChI=1S/C25H25F3N5O2P/c1-14-31-19-11-29-20(36-7-5-33(6-8-36)24(34)16-12-35-13-16)9-17(19)23(32-14)30-10-15-3-2-4-18-21(15)22(26)25(18,27)28/h2-4,9,11,16,22H,5-8,10,12-13H2,1H3,(H,30,31,32). The molecule has 2 aliphatic heterocycles. The lowest BCUT2D eigenvalue weighted by molar-refractivity contribution is -0.149. The molecular formula is C25H25F3N5O2P. The summed E-state index contributed by atoms with van der Waals surface area (Å²) in [7, 11) is -0.540. The summed E-state index contributed by atoms with van der Waals surface area (Å²) in [4.78, 5) is 28.2. The van der Waals surface area contributed by atoms with Gasteiger partial charge in [0.05, 0.1) is 36.3 Å². The summed E-state index contributed by atoms with van der Waals surface area (Å²) in [5.74, 6) is -2.13. The first kappa shape index (κ1) is 23.6. The fourth-order valence-electron chi connectivity index (χ4n) is 5.01. The first-order valence-electron chi connectivity index (χ1n) is 12.0. The molecule has 7 nitrogen and oxygen atoms in total. The molecular weight excluding hydrogens is 490 g/mol. The molecule has 1 unspecified atom stereocenters. The van der Waals surface area contributed by atoms with Crippen molar-refractivity contribution in [2.75, 3.05) is 43.9 Å². The highest BCUT2D eigenvalue weighted by molar-refractivity contribution is 7.65. The molecule has 2 aromatic heterocycles. The van der Waals surface area contributed by atoms with E-state index in [4.69, 9.17) is 4.74 Å². The van der Waals surface area contributed by atoms with Gasteiger partial charge in [-0.15, -0.1) is 0 Å². The molecule has 1 amide bonds. The van der Waals surface area contributed by atoms with E-state index < -0.39 is 20.0 Å². The number of carbonyl (C=O) groups excluding carboxylic acids is 1. The van der Waals surface area contributed by atoms with Crippen LogP contribution in [0.4, 0.5) is 19.0 Å². The van der Waals surface area contributed by atoms with E-state index in [2.05, 4.69) is 20.3 Å². The van der Waals surface area contributed by atoms with Crippen LogP contribution in [0, 0.1) is 12.8 Å². The van der Waals surface area contributed by atoms with Crippen LogP contribution >= 0.6 is 7.92 Å². The number of hydrogen-bond donors (Lipinski definition) is 1. The van der Waals surface area contributed by atoms with E-state index >= 15 is 0 Å². The number of aryl methyl sites for hydroxylation is 1. The van der Waals surface area contributed by atoms with Gasteiger partial charge in [-0.25, -0.2) is 14.4 Å². The first-order chi connectivity index (χ1) is 17.3. The average Bonchev–Trinajstić information content (AvgIpc) is 2.85. The molecule has 1 atom stereocenters. The number of fused-ring (bicyclic) bond motifs is 2. The second-order valence-corrected chi connectivity index (χ2v) is 11.9. The maximum absolute atomic E-state index is 14.2. The predicted molar refractivity (Wildman–Crippen MR) is 131 cm³/mol. The molecule has 1 aromatic carbocycles. The zero-order valence-corrected chi connectivity index (χ0v) is 20.6. The minimum atomic E-state index is -3.43. The van der Waals surface area contributed by atoms with Gasteiger partial charge in [0.15, 0.2) is 6.17 Å². The zero-order chi connectivity index (χ0) is 25.0. The third-order valence-corrected chi connectivity index (χ3v) is 9.53. The molecule has 0 bridgehead atoms. The van der Waals surface area contributed by atoms with Crippen LogP contribution in [0.3, 0.4) is 0 Å². The Hall–Kier alpha value is -2.84. The number of pyridine rings is 1. The number of ether oxygens (including phenoxy) is 1. The zero-order valence-electron chi connectivity index (χ0n) is 19.7. The molecule has 36 heavy (non-hydrogen) atoms. The Labute approximate surface area is 207 Å². The highest BCUT2D eigenvalue weighted by Crippen LogP contribution is 2.56. The summed E-state index contributed by atoms with van der Waals surface area (Å²) in [6, 6.07) is 6.46.